The van der Waals surface area contributed by atoms with Crippen LogP contribution in [0.4, 0.5) is 5.82 Å². The normalized spacial score (nSPS) is 16.8. The number of aliphatic hydroxyl groups is 1. The maximum absolute atomic E-state index is 10.2. The zero-order chi connectivity index (χ0) is 11.3. The third-order valence-corrected chi connectivity index (χ3v) is 2.97. The van der Waals surface area contributed by atoms with Crippen LogP contribution in [0.15, 0.2) is 24.4 Å². The second kappa shape index (κ2) is 5.12. The number of nitrogens with zero attached hydrogens (tertiary/aromatic N) is 1. The molecule has 0 spiro atoms. The molecule has 1 rings (SSSR count). The van der Waals surface area contributed by atoms with Crippen LogP contribution >= 0.6 is 0 Å². The first-order valence-corrected chi connectivity index (χ1v) is 5.43. The lowest BCUT2D eigenvalue weighted by atomic mass is 9.89. The average Bonchev–Trinajstić information content (AvgIpc) is 2.27. The molecule has 84 valence electrons. The molecule has 1 heterocycles. The van der Waals surface area contributed by atoms with E-state index in [-0.39, 0.29) is 5.92 Å². The van der Waals surface area contributed by atoms with E-state index in [9.17, 15) is 5.11 Å². The molecule has 2 atom stereocenters. The molecule has 0 bridgehead atoms. The summed E-state index contributed by atoms with van der Waals surface area (Å²) in [5.74, 6) is 1.08. The fraction of sp³-hybridized carbons (Fsp3) is 0.583. The quantitative estimate of drug-likeness (QED) is 0.780. The monoisotopic (exact) mass is 208 g/mol. The highest BCUT2D eigenvalue weighted by Crippen LogP contribution is 2.20. The van der Waals surface area contributed by atoms with E-state index in [1.807, 2.05) is 25.1 Å². The van der Waals surface area contributed by atoms with Gasteiger partial charge in [-0.3, -0.25) is 0 Å². The number of hydrogen-bond acceptors (Lipinski definition) is 3. The lowest BCUT2D eigenvalue weighted by molar-refractivity contribution is 0.0175. The van der Waals surface area contributed by atoms with Crippen LogP contribution in [0.1, 0.15) is 27.2 Å². The lowest BCUT2D eigenvalue weighted by Gasteiger charge is -2.29. The van der Waals surface area contributed by atoms with Crippen molar-refractivity contribution in [2.75, 3.05) is 11.9 Å². The summed E-state index contributed by atoms with van der Waals surface area (Å²) in [5.41, 5.74) is -0.688. The molecular formula is C12H20N2O. The molecule has 0 aliphatic rings. The predicted molar refractivity (Wildman–Crippen MR) is 62.8 cm³/mol. The van der Waals surface area contributed by atoms with E-state index in [4.69, 9.17) is 0 Å². The number of anilines is 1. The van der Waals surface area contributed by atoms with Crippen molar-refractivity contribution in [3.05, 3.63) is 24.4 Å². The van der Waals surface area contributed by atoms with Gasteiger partial charge in [0.1, 0.15) is 5.82 Å². The van der Waals surface area contributed by atoms with Gasteiger partial charge >= 0.3 is 0 Å². The van der Waals surface area contributed by atoms with Crippen LogP contribution in [0.3, 0.4) is 0 Å². The van der Waals surface area contributed by atoms with Gasteiger partial charge in [0.15, 0.2) is 0 Å². The SMILES string of the molecule is CC[C@H](C)[C@@](C)(O)CNc1ccccn1. The minimum absolute atomic E-state index is 0.272. The van der Waals surface area contributed by atoms with E-state index in [2.05, 4.69) is 24.1 Å². The average molecular weight is 208 g/mol. The van der Waals surface area contributed by atoms with E-state index in [1.165, 1.54) is 0 Å². The Morgan fingerprint density at radius 3 is 2.80 bits per heavy atom. The molecule has 0 aromatic carbocycles. The van der Waals surface area contributed by atoms with Gasteiger partial charge in [-0.1, -0.05) is 26.3 Å². The first-order valence-electron chi connectivity index (χ1n) is 5.43. The molecule has 0 amide bonds. The van der Waals surface area contributed by atoms with E-state index in [0.29, 0.717) is 6.54 Å². The standard InChI is InChI=1S/C12H20N2O/c1-4-10(2)12(3,15)9-14-11-7-5-6-8-13-11/h5-8,10,15H,4,9H2,1-3H3,(H,13,14)/t10-,12-/m0/s1. The minimum Gasteiger partial charge on any atom is -0.388 e. The molecule has 0 unspecified atom stereocenters. The van der Waals surface area contributed by atoms with Gasteiger partial charge in [-0.25, -0.2) is 4.98 Å². The van der Waals surface area contributed by atoms with Crippen LogP contribution in [0.5, 0.6) is 0 Å². The summed E-state index contributed by atoms with van der Waals surface area (Å²) in [6, 6.07) is 5.69. The van der Waals surface area contributed by atoms with Gasteiger partial charge in [0, 0.05) is 12.7 Å². The summed E-state index contributed by atoms with van der Waals surface area (Å²) in [6.07, 6.45) is 2.71. The van der Waals surface area contributed by atoms with Crippen LogP contribution in [-0.2, 0) is 0 Å². The Hall–Kier alpha value is -1.09. The fourth-order valence-electron chi connectivity index (χ4n) is 1.35. The van der Waals surface area contributed by atoms with Gasteiger partial charge in [0.2, 0.25) is 0 Å². The topological polar surface area (TPSA) is 45.1 Å². The maximum atomic E-state index is 10.2. The van der Waals surface area contributed by atoms with Gasteiger partial charge in [-0.2, -0.15) is 0 Å². The summed E-state index contributed by atoms with van der Waals surface area (Å²) in [4.78, 5) is 4.14. The molecule has 2 N–H and O–H groups in total. The Bertz CT molecular complexity index is 285. The van der Waals surface area contributed by atoms with Crippen LogP contribution < -0.4 is 5.32 Å². The smallest absolute Gasteiger partial charge is 0.125 e. The Labute approximate surface area is 91.5 Å². The van der Waals surface area contributed by atoms with Crippen molar-refractivity contribution >= 4 is 5.82 Å². The number of rotatable bonds is 5. The fourth-order valence-corrected chi connectivity index (χ4v) is 1.35. The van der Waals surface area contributed by atoms with Crippen LogP contribution in [0, 0.1) is 5.92 Å². The molecular weight excluding hydrogens is 188 g/mol. The summed E-state index contributed by atoms with van der Waals surface area (Å²) in [6.45, 7) is 6.52. The van der Waals surface area contributed by atoms with Crippen LogP contribution in [0.2, 0.25) is 0 Å². The van der Waals surface area contributed by atoms with E-state index >= 15 is 0 Å². The molecule has 0 saturated carbocycles. The van der Waals surface area contributed by atoms with E-state index < -0.39 is 5.60 Å². The molecule has 1 aromatic heterocycles. The van der Waals surface area contributed by atoms with E-state index in [0.717, 1.165) is 12.2 Å². The maximum Gasteiger partial charge on any atom is 0.125 e. The highest BCUT2D eigenvalue weighted by molar-refractivity contribution is 5.33. The molecule has 3 heteroatoms. The second-order valence-corrected chi connectivity index (χ2v) is 4.23. The Kier molecular flexibility index (Phi) is 4.09. The molecule has 0 radical (unpaired) electrons. The second-order valence-electron chi connectivity index (χ2n) is 4.23. The van der Waals surface area contributed by atoms with Crippen molar-refractivity contribution in [2.45, 2.75) is 32.8 Å². The zero-order valence-corrected chi connectivity index (χ0v) is 9.70. The van der Waals surface area contributed by atoms with Crippen molar-refractivity contribution < 1.29 is 5.11 Å². The molecule has 0 aliphatic heterocycles. The van der Waals surface area contributed by atoms with Crippen LogP contribution in [0.25, 0.3) is 0 Å². The van der Waals surface area contributed by atoms with Gasteiger partial charge < -0.3 is 10.4 Å². The summed E-state index contributed by atoms with van der Waals surface area (Å²) in [7, 11) is 0. The van der Waals surface area contributed by atoms with Crippen molar-refractivity contribution in [2.24, 2.45) is 5.92 Å². The number of nitrogens with one attached hydrogen (secondary N) is 1. The summed E-state index contributed by atoms with van der Waals surface area (Å²) >= 11 is 0. The van der Waals surface area contributed by atoms with E-state index in [1.54, 1.807) is 6.20 Å². The third kappa shape index (κ3) is 3.51. The first-order chi connectivity index (χ1) is 7.06. The van der Waals surface area contributed by atoms with Crippen molar-refractivity contribution in [1.29, 1.82) is 0 Å². The summed E-state index contributed by atoms with van der Waals surface area (Å²) in [5, 5.41) is 13.3. The third-order valence-electron chi connectivity index (χ3n) is 2.97. The predicted octanol–water partition coefficient (Wildman–Crippen LogP) is 2.29. The molecule has 3 nitrogen and oxygen atoms in total. The molecule has 0 fully saturated rings. The van der Waals surface area contributed by atoms with Crippen molar-refractivity contribution in [3.63, 3.8) is 0 Å². The number of aromatic nitrogens is 1. The molecule has 0 saturated heterocycles. The first kappa shape index (κ1) is 12.0. The van der Waals surface area contributed by atoms with Crippen molar-refractivity contribution in [1.82, 2.24) is 4.98 Å². The molecule has 15 heavy (non-hydrogen) atoms. The Balaban J connectivity index is 2.49. The van der Waals surface area contributed by atoms with Gasteiger partial charge in [-0.05, 0) is 25.0 Å². The van der Waals surface area contributed by atoms with Gasteiger partial charge in [-0.15, -0.1) is 0 Å². The molecule has 1 aromatic rings. The van der Waals surface area contributed by atoms with Crippen molar-refractivity contribution in [3.8, 4) is 0 Å². The number of pyridine rings is 1. The van der Waals surface area contributed by atoms with Gasteiger partial charge in [0.05, 0.1) is 5.60 Å². The molecule has 0 aliphatic carbocycles. The van der Waals surface area contributed by atoms with Gasteiger partial charge in [0.25, 0.3) is 0 Å². The highest BCUT2D eigenvalue weighted by atomic mass is 16.3. The minimum atomic E-state index is -0.688. The Morgan fingerprint density at radius 1 is 1.53 bits per heavy atom. The van der Waals surface area contributed by atoms with Crippen LogP contribution in [-0.4, -0.2) is 22.2 Å². The summed E-state index contributed by atoms with van der Waals surface area (Å²) < 4.78 is 0. The number of hydrogen-bond donors (Lipinski definition) is 2. The zero-order valence-electron chi connectivity index (χ0n) is 9.70. The highest BCUT2D eigenvalue weighted by Gasteiger charge is 2.26. The largest absolute Gasteiger partial charge is 0.388 e. The lowest BCUT2D eigenvalue weighted by Crippen LogP contribution is -2.39. The Morgan fingerprint density at radius 2 is 2.27 bits per heavy atom.